The van der Waals surface area contributed by atoms with Gasteiger partial charge in [0.25, 0.3) is 5.56 Å². The highest BCUT2D eigenvalue weighted by Crippen LogP contribution is 2.33. The zero-order valence-corrected chi connectivity index (χ0v) is 19.7. The Morgan fingerprint density at radius 1 is 1.27 bits per heavy atom. The summed E-state index contributed by atoms with van der Waals surface area (Å²) in [6.07, 6.45) is 13.2. The Hall–Kier alpha value is -2.93. The van der Waals surface area contributed by atoms with Gasteiger partial charge in [0.1, 0.15) is 5.69 Å². The van der Waals surface area contributed by atoms with Crippen LogP contribution in [0.25, 0.3) is 11.1 Å². The van der Waals surface area contributed by atoms with E-state index in [1.54, 1.807) is 24.7 Å². The van der Waals surface area contributed by atoms with Crippen molar-refractivity contribution in [3.63, 3.8) is 0 Å². The Labute approximate surface area is 195 Å². The standard InChI is InChI=1S/C26H35N5O2/c1-19(2)28-11-3-6-25(32)30-14-4-5-23(18-30)31(17-20-7-8-20)24-15-22(16-29-26(24)33)21-9-12-27-13-10-21/h3,6,9-10,12-13,15-16,19-20,23,28H,4-5,7-8,11,14,17-18H2,1-2H3,(H,29,33)/b6-3+/t23-/m1/s1. The quantitative estimate of drug-likeness (QED) is 0.575. The summed E-state index contributed by atoms with van der Waals surface area (Å²) in [7, 11) is 0. The molecule has 2 N–H and O–H groups in total. The first-order valence-corrected chi connectivity index (χ1v) is 12.1. The highest BCUT2D eigenvalue weighted by molar-refractivity contribution is 5.87. The number of amides is 1. The average molecular weight is 450 g/mol. The van der Waals surface area contributed by atoms with E-state index in [4.69, 9.17) is 0 Å². The largest absolute Gasteiger partial charge is 0.362 e. The second-order valence-electron chi connectivity index (χ2n) is 9.48. The van der Waals surface area contributed by atoms with Gasteiger partial charge in [0.15, 0.2) is 0 Å². The highest BCUT2D eigenvalue weighted by Gasteiger charge is 2.33. The number of hydrogen-bond donors (Lipinski definition) is 2. The maximum Gasteiger partial charge on any atom is 0.271 e. The van der Waals surface area contributed by atoms with E-state index in [1.165, 1.54) is 12.8 Å². The summed E-state index contributed by atoms with van der Waals surface area (Å²) in [6, 6.07) is 6.42. The van der Waals surface area contributed by atoms with E-state index in [0.717, 1.165) is 37.1 Å². The molecular formula is C26H35N5O2. The third kappa shape index (κ3) is 6.32. The molecule has 0 bridgehead atoms. The topological polar surface area (TPSA) is 81.3 Å². The first-order valence-electron chi connectivity index (χ1n) is 12.1. The smallest absolute Gasteiger partial charge is 0.271 e. The van der Waals surface area contributed by atoms with Crippen molar-refractivity contribution in [2.24, 2.45) is 5.92 Å². The van der Waals surface area contributed by atoms with Crippen LogP contribution in [0.15, 0.2) is 53.7 Å². The summed E-state index contributed by atoms with van der Waals surface area (Å²) in [6.45, 7) is 7.14. The van der Waals surface area contributed by atoms with Gasteiger partial charge in [-0.25, -0.2) is 0 Å². The lowest BCUT2D eigenvalue weighted by atomic mass is 10.0. The van der Waals surface area contributed by atoms with Crippen LogP contribution in [0.1, 0.15) is 39.5 Å². The minimum absolute atomic E-state index is 0.0519. The van der Waals surface area contributed by atoms with E-state index in [9.17, 15) is 9.59 Å². The molecule has 1 aliphatic heterocycles. The van der Waals surface area contributed by atoms with Gasteiger partial charge in [-0.3, -0.25) is 14.6 Å². The van der Waals surface area contributed by atoms with Crippen molar-refractivity contribution in [3.8, 4) is 11.1 Å². The second-order valence-corrected chi connectivity index (χ2v) is 9.48. The molecule has 0 spiro atoms. The summed E-state index contributed by atoms with van der Waals surface area (Å²) in [5.41, 5.74) is 2.62. The van der Waals surface area contributed by atoms with Crippen molar-refractivity contribution in [3.05, 3.63) is 59.3 Å². The maximum atomic E-state index is 12.9. The Kier molecular flexibility index (Phi) is 7.60. The van der Waals surface area contributed by atoms with Crippen LogP contribution in [0.3, 0.4) is 0 Å². The monoisotopic (exact) mass is 449 g/mol. The lowest BCUT2D eigenvalue weighted by molar-refractivity contribution is -0.127. The number of likely N-dealkylation sites (tertiary alicyclic amines) is 1. The second kappa shape index (κ2) is 10.8. The molecule has 1 amide bonds. The van der Waals surface area contributed by atoms with Crippen molar-refractivity contribution in [2.45, 2.75) is 51.6 Å². The molecule has 1 atom stereocenters. The van der Waals surface area contributed by atoms with Gasteiger partial charge < -0.3 is 20.1 Å². The lowest BCUT2D eigenvalue weighted by Crippen LogP contribution is -2.51. The molecule has 7 nitrogen and oxygen atoms in total. The van der Waals surface area contributed by atoms with E-state index >= 15 is 0 Å². The number of pyridine rings is 2. The third-order valence-corrected chi connectivity index (χ3v) is 6.41. The van der Waals surface area contributed by atoms with Crippen LogP contribution in [-0.2, 0) is 4.79 Å². The Morgan fingerprint density at radius 3 is 2.79 bits per heavy atom. The van der Waals surface area contributed by atoms with Gasteiger partial charge >= 0.3 is 0 Å². The Morgan fingerprint density at radius 2 is 2.06 bits per heavy atom. The molecule has 1 saturated heterocycles. The summed E-state index contributed by atoms with van der Waals surface area (Å²) >= 11 is 0. The van der Waals surface area contributed by atoms with E-state index < -0.39 is 0 Å². The Bertz CT molecular complexity index is 1010. The lowest BCUT2D eigenvalue weighted by Gasteiger charge is -2.40. The molecule has 2 fully saturated rings. The number of carbonyl (C=O) groups is 1. The van der Waals surface area contributed by atoms with Crippen molar-refractivity contribution in [2.75, 3.05) is 31.1 Å². The van der Waals surface area contributed by atoms with Crippen LogP contribution >= 0.6 is 0 Å². The normalized spacial score (nSPS) is 18.8. The molecule has 7 heteroatoms. The van der Waals surface area contributed by atoms with E-state index in [1.807, 2.05) is 29.2 Å². The Balaban J connectivity index is 1.53. The van der Waals surface area contributed by atoms with Gasteiger partial charge in [-0.05, 0) is 55.4 Å². The fourth-order valence-electron chi connectivity index (χ4n) is 4.40. The van der Waals surface area contributed by atoms with E-state index in [-0.39, 0.29) is 17.5 Å². The number of nitrogens with one attached hydrogen (secondary N) is 2. The number of carbonyl (C=O) groups excluding carboxylic acids is 1. The number of aromatic nitrogens is 2. The van der Waals surface area contributed by atoms with Gasteiger partial charge in [-0.15, -0.1) is 0 Å². The zero-order chi connectivity index (χ0) is 23.2. The molecule has 0 radical (unpaired) electrons. The molecule has 1 aliphatic carbocycles. The van der Waals surface area contributed by atoms with Crippen molar-refractivity contribution >= 4 is 11.6 Å². The van der Waals surface area contributed by atoms with Crippen LogP contribution in [0.5, 0.6) is 0 Å². The van der Waals surface area contributed by atoms with Crippen molar-refractivity contribution in [1.82, 2.24) is 20.2 Å². The molecule has 4 rings (SSSR count). The predicted molar refractivity (Wildman–Crippen MR) is 132 cm³/mol. The number of aromatic amines is 1. The zero-order valence-electron chi connectivity index (χ0n) is 19.7. The molecule has 2 aromatic rings. The molecule has 3 heterocycles. The van der Waals surface area contributed by atoms with E-state index in [0.29, 0.717) is 30.7 Å². The number of anilines is 1. The minimum Gasteiger partial charge on any atom is -0.362 e. The molecular weight excluding hydrogens is 414 g/mol. The molecule has 2 aromatic heterocycles. The summed E-state index contributed by atoms with van der Waals surface area (Å²) < 4.78 is 0. The third-order valence-electron chi connectivity index (χ3n) is 6.41. The maximum absolute atomic E-state index is 12.9. The number of H-pyrrole nitrogens is 1. The molecule has 0 aromatic carbocycles. The summed E-state index contributed by atoms with van der Waals surface area (Å²) in [5, 5.41) is 3.30. The number of hydrogen-bond acceptors (Lipinski definition) is 5. The summed E-state index contributed by atoms with van der Waals surface area (Å²) in [4.78, 5) is 37.0. The van der Waals surface area contributed by atoms with E-state index in [2.05, 4.69) is 34.0 Å². The van der Waals surface area contributed by atoms with Crippen LogP contribution in [0.4, 0.5) is 5.69 Å². The molecule has 0 unspecified atom stereocenters. The van der Waals surface area contributed by atoms with Crippen LogP contribution in [0.2, 0.25) is 0 Å². The van der Waals surface area contributed by atoms with Crippen LogP contribution < -0.4 is 15.8 Å². The fraction of sp³-hybridized carbons (Fsp3) is 0.500. The van der Waals surface area contributed by atoms with Crippen LogP contribution in [-0.4, -0.2) is 59.0 Å². The average Bonchev–Trinajstić information content (AvgIpc) is 3.65. The van der Waals surface area contributed by atoms with Crippen molar-refractivity contribution < 1.29 is 4.79 Å². The minimum atomic E-state index is -0.0726. The first kappa shape index (κ1) is 23.2. The highest BCUT2D eigenvalue weighted by atomic mass is 16.2. The summed E-state index contributed by atoms with van der Waals surface area (Å²) in [5.74, 6) is 0.679. The molecule has 1 saturated carbocycles. The number of rotatable bonds is 9. The van der Waals surface area contributed by atoms with Gasteiger partial charge in [0.05, 0.1) is 0 Å². The fourth-order valence-corrected chi connectivity index (χ4v) is 4.40. The van der Waals surface area contributed by atoms with Gasteiger partial charge in [-0.1, -0.05) is 19.9 Å². The molecule has 2 aliphatic rings. The molecule has 176 valence electrons. The van der Waals surface area contributed by atoms with Gasteiger partial charge in [0.2, 0.25) is 5.91 Å². The predicted octanol–water partition coefficient (Wildman–Crippen LogP) is 3.20. The molecule has 33 heavy (non-hydrogen) atoms. The first-order chi connectivity index (χ1) is 16.0. The number of nitrogens with zero attached hydrogens (tertiary/aromatic N) is 3. The van der Waals surface area contributed by atoms with Gasteiger partial charge in [0, 0.05) is 68.5 Å². The SMILES string of the molecule is CC(C)NC/C=C/C(=O)N1CCC[C@@H](N(CC2CC2)c2cc(-c3ccncc3)c[nH]c2=O)C1. The van der Waals surface area contributed by atoms with Crippen LogP contribution in [0, 0.1) is 5.92 Å². The number of piperidine rings is 1. The van der Waals surface area contributed by atoms with Crippen molar-refractivity contribution in [1.29, 1.82) is 0 Å². The van der Waals surface area contributed by atoms with Gasteiger partial charge in [-0.2, -0.15) is 0 Å².